The number of ether oxygens (including phenoxy) is 1. The lowest BCUT2D eigenvalue weighted by atomic mass is 10.1. The second-order valence-corrected chi connectivity index (χ2v) is 6.72. The van der Waals surface area contributed by atoms with Crippen LogP contribution in [0.25, 0.3) is 6.08 Å². The third-order valence-electron chi connectivity index (χ3n) is 4.80. The second-order valence-electron chi connectivity index (χ2n) is 6.72. The molecular formula is C19H23F3N2O2. The number of alkyl halides is 3. The van der Waals surface area contributed by atoms with Crippen LogP contribution in [0.15, 0.2) is 30.3 Å². The molecule has 0 radical (unpaired) electrons. The first-order valence-corrected chi connectivity index (χ1v) is 8.90. The normalized spacial score (nSPS) is 22.3. The number of hydrogen-bond donors (Lipinski definition) is 0. The molecule has 0 bridgehead atoms. The van der Waals surface area contributed by atoms with Gasteiger partial charge in [-0.05, 0) is 36.6 Å². The smallest absolute Gasteiger partial charge is 0.377 e. The fraction of sp³-hybridized carbons (Fsp3) is 0.526. The molecule has 0 N–H and O–H groups in total. The first-order chi connectivity index (χ1) is 12.4. The third-order valence-corrected chi connectivity index (χ3v) is 4.80. The molecule has 1 aromatic carbocycles. The van der Waals surface area contributed by atoms with Gasteiger partial charge >= 0.3 is 6.18 Å². The predicted octanol–water partition coefficient (Wildman–Crippen LogP) is 3.04. The van der Waals surface area contributed by atoms with Crippen molar-refractivity contribution in [2.75, 3.05) is 39.3 Å². The quantitative estimate of drug-likeness (QED) is 0.766. The minimum Gasteiger partial charge on any atom is -0.377 e. The molecule has 2 aliphatic heterocycles. The van der Waals surface area contributed by atoms with E-state index in [1.165, 1.54) is 18.2 Å². The zero-order valence-corrected chi connectivity index (χ0v) is 14.5. The van der Waals surface area contributed by atoms with Gasteiger partial charge in [0, 0.05) is 45.4 Å². The van der Waals surface area contributed by atoms with Crippen molar-refractivity contribution in [1.82, 2.24) is 9.80 Å². The van der Waals surface area contributed by atoms with Crippen LogP contribution in [0.4, 0.5) is 13.2 Å². The molecule has 0 aliphatic carbocycles. The summed E-state index contributed by atoms with van der Waals surface area (Å²) in [6.45, 7) is 4.58. The highest BCUT2D eigenvalue weighted by Crippen LogP contribution is 2.29. The van der Waals surface area contributed by atoms with Crippen LogP contribution in [0.1, 0.15) is 24.0 Å². The Kier molecular flexibility index (Phi) is 5.98. The van der Waals surface area contributed by atoms with E-state index in [1.54, 1.807) is 11.0 Å². The van der Waals surface area contributed by atoms with Gasteiger partial charge < -0.3 is 9.64 Å². The van der Waals surface area contributed by atoms with Crippen molar-refractivity contribution in [3.63, 3.8) is 0 Å². The summed E-state index contributed by atoms with van der Waals surface area (Å²) in [5, 5.41) is 0. The Morgan fingerprint density at radius 2 is 2.00 bits per heavy atom. The Morgan fingerprint density at radius 3 is 2.65 bits per heavy atom. The number of carbonyl (C=O) groups excluding carboxylic acids is 1. The standard InChI is InChI=1S/C19H23F3N2O2/c20-19(21,22)16-4-1-3-15(13-16)6-7-18(25)24-10-8-23(9-11-24)14-17-5-2-12-26-17/h1,3-4,6-7,13,17H,2,5,8-12,14H2/b7-6+. The minimum absolute atomic E-state index is 0.167. The monoisotopic (exact) mass is 368 g/mol. The van der Waals surface area contributed by atoms with Gasteiger partial charge in [0.1, 0.15) is 0 Å². The van der Waals surface area contributed by atoms with Crippen molar-refractivity contribution >= 4 is 12.0 Å². The molecule has 1 aromatic rings. The number of amides is 1. The Morgan fingerprint density at radius 1 is 1.23 bits per heavy atom. The Bertz CT molecular complexity index is 646. The number of rotatable bonds is 4. The SMILES string of the molecule is O=C(/C=C/c1cccc(C(F)(F)F)c1)N1CCN(CC2CCCO2)CC1. The zero-order valence-electron chi connectivity index (χ0n) is 14.5. The summed E-state index contributed by atoms with van der Waals surface area (Å²) in [5.74, 6) is -0.167. The average Bonchev–Trinajstić information content (AvgIpc) is 3.13. The molecule has 1 unspecified atom stereocenters. The second kappa shape index (κ2) is 8.22. The van der Waals surface area contributed by atoms with E-state index in [1.807, 2.05) is 0 Å². The van der Waals surface area contributed by atoms with Gasteiger partial charge in [0.05, 0.1) is 11.7 Å². The van der Waals surface area contributed by atoms with Gasteiger partial charge in [-0.2, -0.15) is 13.2 Å². The van der Waals surface area contributed by atoms with Crippen LogP contribution in [-0.2, 0) is 15.7 Å². The molecule has 3 rings (SSSR count). The molecule has 0 aromatic heterocycles. The summed E-state index contributed by atoms with van der Waals surface area (Å²) < 4.78 is 43.8. The highest BCUT2D eigenvalue weighted by atomic mass is 19.4. The van der Waals surface area contributed by atoms with Crippen molar-refractivity contribution in [2.45, 2.75) is 25.1 Å². The maximum Gasteiger partial charge on any atom is 0.416 e. The summed E-state index contributed by atoms with van der Waals surface area (Å²) in [5.41, 5.74) is -0.347. The first-order valence-electron chi connectivity index (χ1n) is 8.90. The molecule has 7 heteroatoms. The average molecular weight is 368 g/mol. The molecule has 0 spiro atoms. The first kappa shape index (κ1) is 18.9. The maximum atomic E-state index is 12.7. The van der Waals surface area contributed by atoms with Gasteiger partial charge in [0.25, 0.3) is 0 Å². The maximum absolute atomic E-state index is 12.7. The number of hydrogen-bond acceptors (Lipinski definition) is 3. The molecule has 2 aliphatic rings. The van der Waals surface area contributed by atoms with Gasteiger partial charge in [0.2, 0.25) is 5.91 Å². The van der Waals surface area contributed by atoms with Crippen LogP contribution in [0.5, 0.6) is 0 Å². The molecule has 26 heavy (non-hydrogen) atoms. The number of nitrogens with zero attached hydrogens (tertiary/aromatic N) is 2. The molecule has 142 valence electrons. The van der Waals surface area contributed by atoms with Crippen molar-refractivity contribution in [2.24, 2.45) is 0 Å². The van der Waals surface area contributed by atoms with Gasteiger partial charge in [0.15, 0.2) is 0 Å². The highest BCUT2D eigenvalue weighted by molar-refractivity contribution is 5.91. The van der Waals surface area contributed by atoms with E-state index >= 15 is 0 Å². The largest absolute Gasteiger partial charge is 0.416 e. The number of carbonyl (C=O) groups is 1. The Balaban J connectivity index is 1.50. The summed E-state index contributed by atoms with van der Waals surface area (Å²) in [4.78, 5) is 16.3. The molecule has 2 fully saturated rings. The van der Waals surface area contributed by atoms with E-state index < -0.39 is 11.7 Å². The van der Waals surface area contributed by atoms with Crippen molar-refractivity contribution in [1.29, 1.82) is 0 Å². The van der Waals surface area contributed by atoms with Gasteiger partial charge in [-0.3, -0.25) is 9.69 Å². The Labute approximate surface area is 151 Å². The molecule has 0 saturated carbocycles. The van der Waals surface area contributed by atoms with Crippen molar-refractivity contribution in [3.8, 4) is 0 Å². The van der Waals surface area contributed by atoms with Crippen LogP contribution >= 0.6 is 0 Å². The van der Waals surface area contributed by atoms with Gasteiger partial charge in [-0.15, -0.1) is 0 Å². The van der Waals surface area contributed by atoms with E-state index in [4.69, 9.17) is 4.74 Å². The lowest BCUT2D eigenvalue weighted by Crippen LogP contribution is -2.50. The lowest BCUT2D eigenvalue weighted by molar-refractivity contribution is -0.137. The molecular weight excluding hydrogens is 345 g/mol. The summed E-state index contributed by atoms with van der Waals surface area (Å²) >= 11 is 0. The fourth-order valence-corrected chi connectivity index (χ4v) is 3.32. The van der Waals surface area contributed by atoms with E-state index in [-0.39, 0.29) is 5.91 Å². The van der Waals surface area contributed by atoms with Gasteiger partial charge in [-0.1, -0.05) is 12.1 Å². The van der Waals surface area contributed by atoms with Crippen LogP contribution in [0.2, 0.25) is 0 Å². The van der Waals surface area contributed by atoms with E-state index in [2.05, 4.69) is 4.90 Å². The third kappa shape index (κ3) is 5.08. The van der Waals surface area contributed by atoms with Crippen molar-refractivity contribution < 1.29 is 22.7 Å². The topological polar surface area (TPSA) is 32.8 Å². The van der Waals surface area contributed by atoms with Gasteiger partial charge in [-0.25, -0.2) is 0 Å². The molecule has 2 saturated heterocycles. The molecule has 1 atom stereocenters. The van der Waals surface area contributed by atoms with Crippen LogP contribution in [-0.4, -0.2) is 61.1 Å². The van der Waals surface area contributed by atoms with Crippen molar-refractivity contribution in [3.05, 3.63) is 41.5 Å². The summed E-state index contributed by atoms with van der Waals surface area (Å²) in [6.07, 6.45) is 0.926. The summed E-state index contributed by atoms with van der Waals surface area (Å²) in [7, 11) is 0. The molecule has 1 amide bonds. The van der Waals surface area contributed by atoms with Crippen LogP contribution in [0.3, 0.4) is 0 Å². The van der Waals surface area contributed by atoms with Crippen LogP contribution < -0.4 is 0 Å². The Hall–Kier alpha value is -1.86. The minimum atomic E-state index is -4.38. The fourth-order valence-electron chi connectivity index (χ4n) is 3.32. The van der Waals surface area contributed by atoms with E-state index in [0.717, 1.165) is 51.2 Å². The lowest BCUT2D eigenvalue weighted by Gasteiger charge is -2.35. The van der Waals surface area contributed by atoms with E-state index in [9.17, 15) is 18.0 Å². The zero-order chi connectivity index (χ0) is 18.6. The number of halogens is 3. The highest BCUT2D eigenvalue weighted by Gasteiger charge is 2.30. The number of benzene rings is 1. The summed E-state index contributed by atoms with van der Waals surface area (Å²) in [6, 6.07) is 4.96. The van der Waals surface area contributed by atoms with E-state index in [0.29, 0.717) is 24.8 Å². The molecule has 4 nitrogen and oxygen atoms in total. The van der Waals surface area contributed by atoms with Crippen LogP contribution in [0, 0.1) is 0 Å². The molecule has 2 heterocycles. The number of piperazine rings is 1. The predicted molar refractivity (Wildman–Crippen MR) is 92.5 cm³/mol.